The molecular formula is C36H53N3O7S. The number of nitrogens with zero attached hydrogens (tertiary/aromatic N) is 2. The van der Waals surface area contributed by atoms with E-state index in [2.05, 4.69) is 16.9 Å². The molecule has 0 aliphatic carbocycles. The number of carbonyl (C=O) groups is 4. The largest absolute Gasteiger partial charge is 0.461 e. The van der Waals surface area contributed by atoms with Gasteiger partial charge in [-0.3, -0.25) is 14.4 Å². The standard InChI is InChI=1S/C36H53N3O7S/c1-11-17-44-34(42)25(6)19-27(20-26-15-13-12-14-16-26)37-32(41)28-22-47-33(38-28)30(45-31(40)18-23(2)3)21-29(24(4)5)39(10)35(43)46-36(7,8)9/h11-16,22-25,27,29-30H,1,17-21H2,2-10H3,(H,37,41)/t25-,27+,29+,30+/m0/s1. The molecule has 1 aromatic carbocycles. The molecule has 11 heteroatoms. The van der Waals surface area contributed by atoms with Crippen LogP contribution in [0.1, 0.15) is 102 Å². The highest BCUT2D eigenvalue weighted by Gasteiger charge is 2.33. The Kier molecular flexibility index (Phi) is 15.6. The van der Waals surface area contributed by atoms with Gasteiger partial charge in [0.2, 0.25) is 0 Å². The topological polar surface area (TPSA) is 124 Å². The van der Waals surface area contributed by atoms with E-state index >= 15 is 0 Å². The van der Waals surface area contributed by atoms with Crippen LogP contribution in [-0.2, 0) is 30.2 Å². The molecule has 0 saturated carbocycles. The summed E-state index contributed by atoms with van der Waals surface area (Å²) in [6.07, 6.45) is 1.60. The van der Waals surface area contributed by atoms with Crippen molar-refractivity contribution >= 4 is 35.3 Å². The first-order valence-corrected chi connectivity index (χ1v) is 17.1. The van der Waals surface area contributed by atoms with E-state index < -0.39 is 29.6 Å². The summed E-state index contributed by atoms with van der Waals surface area (Å²) in [5.74, 6) is -1.53. The van der Waals surface area contributed by atoms with Crippen molar-refractivity contribution in [3.05, 3.63) is 64.6 Å². The molecule has 0 saturated heterocycles. The molecule has 0 bridgehead atoms. The van der Waals surface area contributed by atoms with Crippen LogP contribution in [0.4, 0.5) is 4.79 Å². The van der Waals surface area contributed by atoms with E-state index in [0.29, 0.717) is 17.8 Å². The lowest BCUT2D eigenvalue weighted by atomic mass is 9.96. The highest BCUT2D eigenvalue weighted by molar-refractivity contribution is 7.09. The molecule has 2 amide bonds. The lowest BCUT2D eigenvalue weighted by Gasteiger charge is -2.34. The number of aromatic nitrogens is 1. The zero-order chi connectivity index (χ0) is 35.3. The first-order chi connectivity index (χ1) is 22.0. The highest BCUT2D eigenvalue weighted by Crippen LogP contribution is 2.31. The lowest BCUT2D eigenvalue weighted by Crippen LogP contribution is -2.44. The summed E-state index contributed by atoms with van der Waals surface area (Å²) in [7, 11) is 1.67. The minimum Gasteiger partial charge on any atom is -0.461 e. The van der Waals surface area contributed by atoms with Gasteiger partial charge in [0, 0.05) is 37.4 Å². The second-order valence-corrected chi connectivity index (χ2v) is 14.6. The first-order valence-electron chi connectivity index (χ1n) is 16.2. The second kappa shape index (κ2) is 18.6. The molecular weight excluding hydrogens is 618 g/mol. The van der Waals surface area contributed by atoms with Gasteiger partial charge < -0.3 is 24.4 Å². The van der Waals surface area contributed by atoms with Crippen molar-refractivity contribution in [2.75, 3.05) is 13.7 Å². The van der Waals surface area contributed by atoms with Crippen LogP contribution in [0.25, 0.3) is 0 Å². The maximum absolute atomic E-state index is 13.6. The molecule has 1 N–H and O–H groups in total. The summed E-state index contributed by atoms with van der Waals surface area (Å²) in [6.45, 7) is 18.7. The minimum atomic E-state index is -0.787. The number of hydrogen-bond acceptors (Lipinski definition) is 9. The second-order valence-electron chi connectivity index (χ2n) is 13.7. The van der Waals surface area contributed by atoms with E-state index in [-0.39, 0.29) is 61.0 Å². The molecule has 0 unspecified atom stereocenters. The average molecular weight is 672 g/mol. The van der Waals surface area contributed by atoms with Gasteiger partial charge in [-0.25, -0.2) is 9.78 Å². The Bertz CT molecular complexity index is 1320. The molecule has 2 rings (SSSR count). The van der Waals surface area contributed by atoms with Crippen LogP contribution in [0.15, 0.2) is 48.4 Å². The predicted octanol–water partition coefficient (Wildman–Crippen LogP) is 7.15. The Morgan fingerprint density at radius 1 is 1.04 bits per heavy atom. The number of carbonyl (C=O) groups excluding carboxylic acids is 4. The van der Waals surface area contributed by atoms with Crippen LogP contribution in [0.5, 0.6) is 0 Å². The van der Waals surface area contributed by atoms with E-state index in [4.69, 9.17) is 14.2 Å². The zero-order valence-corrected chi connectivity index (χ0v) is 30.2. The third-order valence-electron chi connectivity index (χ3n) is 7.33. The number of thiazole rings is 1. The van der Waals surface area contributed by atoms with Crippen LogP contribution in [0, 0.1) is 17.8 Å². The van der Waals surface area contributed by atoms with Gasteiger partial charge in [-0.05, 0) is 51.0 Å². The van der Waals surface area contributed by atoms with Crippen LogP contribution in [0.3, 0.4) is 0 Å². The van der Waals surface area contributed by atoms with Gasteiger partial charge in [0.1, 0.15) is 22.9 Å². The number of benzene rings is 1. The van der Waals surface area contributed by atoms with E-state index in [0.717, 1.165) is 5.56 Å². The van der Waals surface area contributed by atoms with Gasteiger partial charge in [0.05, 0.1) is 5.92 Å². The fraction of sp³-hybridized carbons (Fsp3) is 0.583. The Balaban J connectivity index is 2.33. The highest BCUT2D eigenvalue weighted by atomic mass is 32.1. The predicted molar refractivity (Wildman–Crippen MR) is 184 cm³/mol. The van der Waals surface area contributed by atoms with E-state index in [9.17, 15) is 19.2 Å². The molecule has 10 nitrogen and oxygen atoms in total. The number of ether oxygens (including phenoxy) is 3. The Morgan fingerprint density at radius 3 is 2.28 bits per heavy atom. The molecule has 0 fully saturated rings. The quantitative estimate of drug-likeness (QED) is 0.107. The number of hydrogen-bond donors (Lipinski definition) is 1. The number of nitrogens with one attached hydrogen (secondary N) is 1. The fourth-order valence-corrected chi connectivity index (χ4v) is 5.84. The van der Waals surface area contributed by atoms with Gasteiger partial charge in [0.25, 0.3) is 5.91 Å². The Hall–Kier alpha value is -3.73. The summed E-state index contributed by atoms with van der Waals surface area (Å²) in [6, 6.07) is 8.98. The third kappa shape index (κ3) is 13.9. The molecule has 260 valence electrons. The minimum absolute atomic E-state index is 0.000421. The van der Waals surface area contributed by atoms with Gasteiger partial charge in [-0.15, -0.1) is 11.3 Å². The molecule has 4 atom stereocenters. The van der Waals surface area contributed by atoms with Gasteiger partial charge in [-0.2, -0.15) is 0 Å². The molecule has 0 aliphatic rings. The van der Waals surface area contributed by atoms with E-state index in [1.165, 1.54) is 22.3 Å². The van der Waals surface area contributed by atoms with Crippen molar-refractivity contribution in [3.8, 4) is 0 Å². The molecule has 1 aromatic heterocycles. The summed E-state index contributed by atoms with van der Waals surface area (Å²) in [5.41, 5.74) is 0.515. The van der Waals surface area contributed by atoms with E-state index in [1.54, 1.807) is 40.1 Å². The first kappa shape index (κ1) is 39.4. The summed E-state index contributed by atoms with van der Waals surface area (Å²) in [5, 5.41) is 5.15. The third-order valence-corrected chi connectivity index (χ3v) is 8.26. The maximum Gasteiger partial charge on any atom is 0.410 e. The molecule has 47 heavy (non-hydrogen) atoms. The summed E-state index contributed by atoms with van der Waals surface area (Å²) in [4.78, 5) is 58.1. The van der Waals surface area contributed by atoms with Crippen LogP contribution in [-0.4, -0.2) is 65.2 Å². The molecule has 0 spiro atoms. The monoisotopic (exact) mass is 671 g/mol. The Morgan fingerprint density at radius 2 is 1.70 bits per heavy atom. The molecule has 0 radical (unpaired) electrons. The molecule has 0 aliphatic heterocycles. The van der Waals surface area contributed by atoms with Gasteiger partial charge >= 0.3 is 18.0 Å². The van der Waals surface area contributed by atoms with Crippen LogP contribution >= 0.6 is 11.3 Å². The van der Waals surface area contributed by atoms with E-state index in [1.807, 2.05) is 58.0 Å². The van der Waals surface area contributed by atoms with Crippen molar-refractivity contribution in [3.63, 3.8) is 0 Å². The van der Waals surface area contributed by atoms with Crippen LogP contribution in [0.2, 0.25) is 0 Å². The average Bonchev–Trinajstić information content (AvgIpc) is 3.47. The van der Waals surface area contributed by atoms with Gasteiger partial charge in [0.15, 0.2) is 6.10 Å². The van der Waals surface area contributed by atoms with Gasteiger partial charge in [-0.1, -0.05) is 77.6 Å². The summed E-state index contributed by atoms with van der Waals surface area (Å²) < 4.78 is 16.8. The zero-order valence-electron chi connectivity index (χ0n) is 29.4. The van der Waals surface area contributed by atoms with Crippen molar-refractivity contribution in [2.24, 2.45) is 17.8 Å². The summed E-state index contributed by atoms with van der Waals surface area (Å²) >= 11 is 1.22. The Labute approximate surface area is 284 Å². The van der Waals surface area contributed by atoms with Crippen molar-refractivity contribution in [2.45, 2.75) is 105 Å². The van der Waals surface area contributed by atoms with Crippen molar-refractivity contribution in [1.29, 1.82) is 0 Å². The molecule has 1 heterocycles. The molecule has 2 aromatic rings. The smallest absolute Gasteiger partial charge is 0.410 e. The number of amides is 2. The van der Waals surface area contributed by atoms with Crippen LogP contribution < -0.4 is 5.32 Å². The maximum atomic E-state index is 13.6. The normalized spacial score (nSPS) is 14.1. The number of rotatable bonds is 17. The lowest BCUT2D eigenvalue weighted by molar-refractivity contribution is -0.151. The fourth-order valence-electron chi connectivity index (χ4n) is 5.00. The van der Waals surface area contributed by atoms with Crippen molar-refractivity contribution in [1.82, 2.24) is 15.2 Å². The SMILES string of the molecule is C=CCOC(=O)[C@@H](C)C[C@H](Cc1ccccc1)NC(=O)c1csc([C@@H](C[C@H](C(C)C)N(C)C(=O)OC(C)(C)C)OC(=O)CC(C)C)n1. The number of esters is 2. The van der Waals surface area contributed by atoms with Crippen molar-refractivity contribution < 1.29 is 33.4 Å².